The van der Waals surface area contributed by atoms with Gasteiger partial charge in [-0.15, -0.1) is 0 Å². The van der Waals surface area contributed by atoms with Crippen LogP contribution < -0.4 is 10.2 Å². The number of carbonyl (C=O) groups is 1. The first-order valence-corrected chi connectivity index (χ1v) is 12.0. The molecule has 0 radical (unpaired) electrons. The summed E-state index contributed by atoms with van der Waals surface area (Å²) in [7, 11) is 0. The quantitative estimate of drug-likeness (QED) is 0.629. The third-order valence-corrected chi connectivity index (χ3v) is 5.45. The lowest BCUT2D eigenvalue weighted by atomic mass is 10.0. The van der Waals surface area contributed by atoms with Crippen LogP contribution in [0.2, 0.25) is 0 Å². The fourth-order valence-electron chi connectivity index (χ4n) is 3.66. The van der Waals surface area contributed by atoms with Crippen molar-refractivity contribution < 1.29 is 13.9 Å². The van der Waals surface area contributed by atoms with Gasteiger partial charge in [0.25, 0.3) is 0 Å². The van der Waals surface area contributed by atoms with Crippen molar-refractivity contribution in [3.8, 4) is 11.3 Å². The highest BCUT2D eigenvalue weighted by Crippen LogP contribution is 2.25. The van der Waals surface area contributed by atoms with Gasteiger partial charge in [0, 0.05) is 44.2 Å². The summed E-state index contributed by atoms with van der Waals surface area (Å²) in [6.07, 6.45) is 17.5. The van der Waals surface area contributed by atoms with Gasteiger partial charge in [0.15, 0.2) is 0 Å². The molecule has 2 aliphatic rings. The predicted octanol–water partition coefficient (Wildman–Crippen LogP) is 5.09. The number of amides is 1. The number of anilines is 1. The molecule has 0 aromatic carbocycles. The molecule has 1 N–H and O–H groups in total. The molecule has 0 saturated carbocycles. The highest BCUT2D eigenvalue weighted by molar-refractivity contribution is 5.73. The van der Waals surface area contributed by atoms with E-state index in [0.29, 0.717) is 30.0 Å². The van der Waals surface area contributed by atoms with Gasteiger partial charge in [-0.2, -0.15) is 0 Å². The lowest BCUT2D eigenvalue weighted by Crippen LogP contribution is -2.36. The molecule has 1 aliphatic heterocycles. The topological polar surface area (TPSA) is 67.4 Å². The zero-order chi connectivity index (χ0) is 25.0. The van der Waals surface area contributed by atoms with E-state index in [4.69, 9.17) is 4.74 Å². The molecule has 0 bridgehead atoms. The molecule has 1 amide bonds. The molecule has 2 aromatic heterocycles. The maximum Gasteiger partial charge on any atom is 0.217 e. The first kappa shape index (κ1) is 26.0. The van der Waals surface area contributed by atoms with Crippen LogP contribution in [0.25, 0.3) is 17.3 Å². The van der Waals surface area contributed by atoms with Crippen LogP contribution >= 0.6 is 0 Å². The van der Waals surface area contributed by atoms with Crippen molar-refractivity contribution in [3.05, 3.63) is 84.0 Å². The summed E-state index contributed by atoms with van der Waals surface area (Å²) in [5, 5.41) is 2.73. The van der Waals surface area contributed by atoms with Crippen LogP contribution in [0.5, 0.6) is 0 Å². The van der Waals surface area contributed by atoms with E-state index in [0.717, 1.165) is 18.9 Å². The van der Waals surface area contributed by atoms with Crippen molar-refractivity contribution in [2.75, 3.05) is 31.2 Å². The van der Waals surface area contributed by atoms with Gasteiger partial charge in [-0.3, -0.25) is 4.79 Å². The summed E-state index contributed by atoms with van der Waals surface area (Å²) in [6, 6.07) is 5.16. The van der Waals surface area contributed by atoms with Crippen LogP contribution in [0.15, 0.2) is 66.9 Å². The molecule has 0 spiro atoms. The molecule has 1 saturated heterocycles. The van der Waals surface area contributed by atoms with E-state index in [1.807, 2.05) is 62.4 Å². The van der Waals surface area contributed by atoms with Gasteiger partial charge in [-0.1, -0.05) is 56.4 Å². The SMILES string of the molecule is CC.CC(=O)NCc1cc(F)c(-c2ccc(N3CCOCC3)nc2)nc1/C=C\C1C=CC=CC=C1. The Balaban J connectivity index is 0.00000167. The minimum Gasteiger partial charge on any atom is -0.378 e. The predicted molar refractivity (Wildman–Crippen MR) is 139 cm³/mol. The fourth-order valence-corrected chi connectivity index (χ4v) is 3.66. The first-order valence-electron chi connectivity index (χ1n) is 12.0. The smallest absolute Gasteiger partial charge is 0.217 e. The zero-order valence-electron chi connectivity index (χ0n) is 20.6. The Labute approximate surface area is 206 Å². The van der Waals surface area contributed by atoms with Gasteiger partial charge < -0.3 is 15.0 Å². The second-order valence-corrected chi connectivity index (χ2v) is 7.87. The third-order valence-electron chi connectivity index (χ3n) is 5.45. The number of carbonyl (C=O) groups excluding carboxylic acids is 1. The van der Waals surface area contributed by atoms with Crippen molar-refractivity contribution in [1.82, 2.24) is 15.3 Å². The molecule has 1 aliphatic carbocycles. The largest absolute Gasteiger partial charge is 0.378 e. The van der Waals surface area contributed by atoms with Gasteiger partial charge in [0.05, 0.1) is 18.9 Å². The Morgan fingerprint density at radius 2 is 1.89 bits per heavy atom. The summed E-state index contributed by atoms with van der Waals surface area (Å²) in [4.78, 5) is 22.7. The minimum absolute atomic E-state index is 0.0957. The molecule has 4 rings (SSSR count). The molecule has 1 fully saturated rings. The number of nitrogens with zero attached hydrogens (tertiary/aromatic N) is 3. The molecule has 3 heterocycles. The maximum absolute atomic E-state index is 15.1. The van der Waals surface area contributed by atoms with Crippen LogP contribution in [-0.4, -0.2) is 42.2 Å². The van der Waals surface area contributed by atoms with Gasteiger partial charge in [0.2, 0.25) is 5.91 Å². The van der Waals surface area contributed by atoms with Crippen molar-refractivity contribution in [2.45, 2.75) is 27.3 Å². The third kappa shape index (κ3) is 7.45. The van der Waals surface area contributed by atoms with Crippen LogP contribution in [0.4, 0.5) is 10.2 Å². The summed E-state index contributed by atoms with van der Waals surface area (Å²) in [5.41, 5.74) is 2.05. The maximum atomic E-state index is 15.1. The molecule has 2 aromatic rings. The van der Waals surface area contributed by atoms with E-state index < -0.39 is 5.82 Å². The highest BCUT2D eigenvalue weighted by Gasteiger charge is 2.16. The number of hydrogen-bond donors (Lipinski definition) is 1. The lowest BCUT2D eigenvalue weighted by Gasteiger charge is -2.27. The second kappa shape index (κ2) is 13.3. The number of morpholine rings is 1. The number of rotatable bonds is 6. The van der Waals surface area contributed by atoms with Gasteiger partial charge >= 0.3 is 0 Å². The molecule has 6 nitrogen and oxygen atoms in total. The van der Waals surface area contributed by atoms with Crippen LogP contribution in [-0.2, 0) is 16.1 Å². The number of nitrogens with one attached hydrogen (secondary N) is 1. The van der Waals surface area contributed by atoms with E-state index in [1.165, 1.54) is 13.0 Å². The molecule has 35 heavy (non-hydrogen) atoms. The molecule has 0 atom stereocenters. The Hall–Kier alpha value is -3.58. The average Bonchev–Trinajstić information content (AvgIpc) is 3.17. The fraction of sp³-hybridized carbons (Fsp3) is 0.321. The molecular weight excluding hydrogens is 443 g/mol. The second-order valence-electron chi connectivity index (χ2n) is 7.87. The van der Waals surface area contributed by atoms with E-state index in [9.17, 15) is 4.79 Å². The van der Waals surface area contributed by atoms with E-state index in [-0.39, 0.29) is 24.1 Å². The molecular formula is C28H33FN4O2. The lowest BCUT2D eigenvalue weighted by molar-refractivity contribution is -0.119. The number of halogens is 1. The standard InChI is InChI=1S/C26H27FN4O2.C2H6/c1-19(32)28-18-22-16-23(27)26(30-24(22)10-8-20-6-4-2-3-5-7-20)21-9-11-25(29-17-21)31-12-14-33-15-13-31;1-2/h2-11,16-17,20H,12-15,18H2,1H3,(H,28,32);1-2H3/b10-8-;. The van der Waals surface area contributed by atoms with Crippen LogP contribution in [0, 0.1) is 11.7 Å². The van der Waals surface area contributed by atoms with Crippen LogP contribution in [0.1, 0.15) is 32.0 Å². The van der Waals surface area contributed by atoms with Crippen molar-refractivity contribution >= 4 is 17.8 Å². The van der Waals surface area contributed by atoms with E-state index in [1.54, 1.807) is 6.20 Å². The van der Waals surface area contributed by atoms with Crippen LogP contribution in [0.3, 0.4) is 0 Å². The average molecular weight is 477 g/mol. The molecule has 0 unspecified atom stereocenters. The van der Waals surface area contributed by atoms with E-state index in [2.05, 4.69) is 32.3 Å². The van der Waals surface area contributed by atoms with E-state index >= 15 is 4.39 Å². The summed E-state index contributed by atoms with van der Waals surface area (Å²) in [5.74, 6) is 0.300. The van der Waals surface area contributed by atoms with Crippen molar-refractivity contribution in [1.29, 1.82) is 0 Å². The Bertz CT molecular complexity index is 1080. The highest BCUT2D eigenvalue weighted by atomic mass is 19.1. The number of pyridine rings is 2. The summed E-state index contributed by atoms with van der Waals surface area (Å²) < 4.78 is 20.4. The zero-order valence-corrected chi connectivity index (χ0v) is 20.6. The Kier molecular flexibility index (Phi) is 9.93. The summed E-state index contributed by atoms with van der Waals surface area (Å²) in [6.45, 7) is 8.55. The Morgan fingerprint density at radius 3 is 2.51 bits per heavy atom. The van der Waals surface area contributed by atoms with Crippen molar-refractivity contribution in [3.63, 3.8) is 0 Å². The molecule has 7 heteroatoms. The van der Waals surface area contributed by atoms with Gasteiger partial charge in [0.1, 0.15) is 17.3 Å². The normalized spacial score (nSPS) is 15.6. The first-order chi connectivity index (χ1) is 17.1. The number of ether oxygens (including phenoxy) is 1. The van der Waals surface area contributed by atoms with Gasteiger partial charge in [-0.25, -0.2) is 14.4 Å². The number of hydrogen-bond acceptors (Lipinski definition) is 5. The van der Waals surface area contributed by atoms with Gasteiger partial charge in [-0.05, 0) is 29.8 Å². The summed E-state index contributed by atoms with van der Waals surface area (Å²) >= 11 is 0. The monoisotopic (exact) mass is 476 g/mol. The minimum atomic E-state index is -0.452. The number of allylic oxidation sites excluding steroid dienone is 7. The number of aromatic nitrogens is 2. The molecule has 184 valence electrons. The van der Waals surface area contributed by atoms with Crippen molar-refractivity contribution in [2.24, 2.45) is 5.92 Å². The Morgan fingerprint density at radius 1 is 1.17 bits per heavy atom.